The summed E-state index contributed by atoms with van der Waals surface area (Å²) in [6, 6.07) is 0.349. The molecule has 0 aromatic carbocycles. The van der Waals surface area contributed by atoms with Gasteiger partial charge in [0.25, 0.3) is 0 Å². The topological polar surface area (TPSA) is 67.4 Å². The maximum atomic E-state index is 12.4. The van der Waals surface area contributed by atoms with Gasteiger partial charge in [-0.3, -0.25) is 4.79 Å². The van der Waals surface area contributed by atoms with Gasteiger partial charge in [0.15, 0.2) is 0 Å². The van der Waals surface area contributed by atoms with Crippen LogP contribution < -0.4 is 10.6 Å². The highest BCUT2D eigenvalue weighted by atomic mass is 32.1. The van der Waals surface area contributed by atoms with Crippen LogP contribution in [0.1, 0.15) is 40.6 Å². The number of methoxy groups -OCH3 is 1. The van der Waals surface area contributed by atoms with E-state index in [0.29, 0.717) is 16.6 Å². The summed E-state index contributed by atoms with van der Waals surface area (Å²) in [4.78, 5) is 25.3. The highest BCUT2D eigenvalue weighted by Gasteiger charge is 2.27. The first-order chi connectivity index (χ1) is 9.93. The minimum Gasteiger partial charge on any atom is -0.465 e. The minimum atomic E-state index is -0.397. The number of amides is 1. The number of rotatable bonds is 3. The molecule has 0 radical (unpaired) electrons. The molecule has 1 amide bonds. The van der Waals surface area contributed by atoms with Gasteiger partial charge in [-0.2, -0.15) is 0 Å². The zero-order chi connectivity index (χ0) is 15.6. The van der Waals surface area contributed by atoms with Crippen molar-refractivity contribution in [3.63, 3.8) is 0 Å². The molecule has 1 aromatic rings. The van der Waals surface area contributed by atoms with Crippen molar-refractivity contribution < 1.29 is 14.3 Å². The first-order valence-corrected chi connectivity index (χ1v) is 7.98. The molecule has 6 heteroatoms. The summed E-state index contributed by atoms with van der Waals surface area (Å²) < 4.78 is 4.82. The third-order valence-corrected chi connectivity index (χ3v) is 5.13. The molecule has 2 heterocycles. The predicted octanol–water partition coefficient (Wildman–Crippen LogP) is 2.48. The van der Waals surface area contributed by atoms with Crippen LogP contribution in [0.25, 0.3) is 0 Å². The fourth-order valence-corrected chi connectivity index (χ4v) is 3.70. The molecular weight excluding hydrogens is 288 g/mol. The van der Waals surface area contributed by atoms with Gasteiger partial charge >= 0.3 is 5.97 Å². The van der Waals surface area contributed by atoms with Gasteiger partial charge in [-0.15, -0.1) is 11.3 Å². The number of nitrogens with one attached hydrogen (secondary N) is 2. The van der Waals surface area contributed by atoms with Crippen LogP contribution in [-0.4, -0.2) is 31.6 Å². The zero-order valence-corrected chi connectivity index (χ0v) is 13.7. The standard InChI is InChI=1S/C15H22N2O3S/c1-8-7-11(5-6-16-8)13(18)17-14-12(15(19)20-4)9(2)10(3)21-14/h8,11,16H,5-7H2,1-4H3,(H,17,18). The molecule has 21 heavy (non-hydrogen) atoms. The molecule has 0 bridgehead atoms. The van der Waals surface area contributed by atoms with Gasteiger partial charge in [-0.05, 0) is 45.7 Å². The average molecular weight is 310 g/mol. The molecule has 1 saturated heterocycles. The molecule has 2 N–H and O–H groups in total. The van der Waals surface area contributed by atoms with E-state index in [9.17, 15) is 9.59 Å². The fourth-order valence-electron chi connectivity index (χ4n) is 2.65. The molecule has 1 aromatic heterocycles. The number of carbonyl (C=O) groups excluding carboxylic acids is 2. The second kappa shape index (κ2) is 6.58. The Morgan fingerprint density at radius 2 is 2.10 bits per heavy atom. The molecule has 1 aliphatic heterocycles. The fraction of sp³-hybridized carbons (Fsp3) is 0.600. The number of ether oxygens (including phenoxy) is 1. The van der Waals surface area contributed by atoms with Crippen LogP contribution in [0, 0.1) is 19.8 Å². The number of anilines is 1. The Balaban J connectivity index is 2.17. The van der Waals surface area contributed by atoms with E-state index in [1.165, 1.54) is 18.4 Å². The Kier molecular flexibility index (Phi) is 5.00. The van der Waals surface area contributed by atoms with E-state index >= 15 is 0 Å². The van der Waals surface area contributed by atoms with Crippen molar-refractivity contribution in [1.82, 2.24) is 5.32 Å². The summed E-state index contributed by atoms with van der Waals surface area (Å²) in [6.07, 6.45) is 1.65. The van der Waals surface area contributed by atoms with Gasteiger partial charge in [0.1, 0.15) is 5.00 Å². The Bertz CT molecular complexity index is 553. The lowest BCUT2D eigenvalue weighted by molar-refractivity contribution is -0.120. The minimum absolute atomic E-state index is 0.00486. The number of esters is 1. The molecule has 0 spiro atoms. The van der Waals surface area contributed by atoms with Crippen molar-refractivity contribution in [2.75, 3.05) is 19.0 Å². The second-order valence-corrected chi connectivity index (χ2v) is 6.77. The highest BCUT2D eigenvalue weighted by Crippen LogP contribution is 2.33. The highest BCUT2D eigenvalue weighted by molar-refractivity contribution is 7.16. The SMILES string of the molecule is COC(=O)c1c(NC(=O)C2CCNC(C)C2)sc(C)c1C. The molecule has 5 nitrogen and oxygen atoms in total. The average Bonchev–Trinajstić information content (AvgIpc) is 2.73. The van der Waals surface area contributed by atoms with Gasteiger partial charge < -0.3 is 15.4 Å². The summed E-state index contributed by atoms with van der Waals surface area (Å²) in [5.74, 6) is -0.407. The number of hydrogen-bond donors (Lipinski definition) is 2. The van der Waals surface area contributed by atoms with E-state index in [0.717, 1.165) is 29.8 Å². The van der Waals surface area contributed by atoms with Crippen LogP contribution in [0.5, 0.6) is 0 Å². The number of piperidine rings is 1. The number of thiophene rings is 1. The maximum Gasteiger partial charge on any atom is 0.341 e. The third-order valence-electron chi connectivity index (χ3n) is 4.01. The van der Waals surface area contributed by atoms with Gasteiger partial charge in [0.2, 0.25) is 5.91 Å². The van der Waals surface area contributed by atoms with Gasteiger partial charge in [0.05, 0.1) is 12.7 Å². The first kappa shape index (κ1) is 16.0. The van der Waals surface area contributed by atoms with Gasteiger partial charge in [-0.25, -0.2) is 4.79 Å². The lowest BCUT2D eigenvalue weighted by atomic mass is 9.92. The van der Waals surface area contributed by atoms with Crippen molar-refractivity contribution in [2.45, 2.75) is 39.7 Å². The molecule has 1 fully saturated rings. The van der Waals surface area contributed by atoms with Crippen LogP contribution in [0.15, 0.2) is 0 Å². The Labute approximate surface area is 129 Å². The maximum absolute atomic E-state index is 12.4. The lowest BCUT2D eigenvalue weighted by Crippen LogP contribution is -2.40. The summed E-state index contributed by atoms with van der Waals surface area (Å²) >= 11 is 1.43. The molecule has 2 unspecified atom stereocenters. The quantitative estimate of drug-likeness (QED) is 0.842. The lowest BCUT2D eigenvalue weighted by Gasteiger charge is -2.27. The van der Waals surface area contributed by atoms with Crippen LogP contribution in [0.4, 0.5) is 5.00 Å². The van der Waals surface area contributed by atoms with E-state index < -0.39 is 5.97 Å². The summed E-state index contributed by atoms with van der Waals surface area (Å²) in [5, 5.41) is 6.86. The number of aryl methyl sites for hydroxylation is 1. The Morgan fingerprint density at radius 3 is 2.71 bits per heavy atom. The summed E-state index contributed by atoms with van der Waals surface area (Å²) in [6.45, 7) is 6.75. The summed E-state index contributed by atoms with van der Waals surface area (Å²) in [5.41, 5.74) is 1.36. The van der Waals surface area contributed by atoms with E-state index in [4.69, 9.17) is 4.74 Å². The Morgan fingerprint density at radius 1 is 1.38 bits per heavy atom. The van der Waals surface area contributed by atoms with E-state index in [1.807, 2.05) is 13.8 Å². The van der Waals surface area contributed by atoms with Gasteiger partial charge in [0, 0.05) is 16.8 Å². The monoisotopic (exact) mass is 310 g/mol. The number of hydrogen-bond acceptors (Lipinski definition) is 5. The van der Waals surface area contributed by atoms with Crippen molar-refractivity contribution in [1.29, 1.82) is 0 Å². The molecule has 0 saturated carbocycles. The van der Waals surface area contributed by atoms with E-state index in [2.05, 4.69) is 17.6 Å². The summed E-state index contributed by atoms with van der Waals surface area (Å²) in [7, 11) is 1.36. The van der Waals surface area contributed by atoms with Crippen LogP contribution in [0.2, 0.25) is 0 Å². The van der Waals surface area contributed by atoms with Crippen LogP contribution in [-0.2, 0) is 9.53 Å². The van der Waals surface area contributed by atoms with Crippen molar-refractivity contribution in [2.24, 2.45) is 5.92 Å². The Hall–Kier alpha value is -1.40. The molecule has 2 atom stereocenters. The van der Waals surface area contributed by atoms with E-state index in [1.54, 1.807) is 0 Å². The largest absolute Gasteiger partial charge is 0.465 e. The molecular formula is C15H22N2O3S. The molecule has 1 aliphatic rings. The molecule has 2 rings (SSSR count). The number of carbonyl (C=O) groups is 2. The van der Waals surface area contributed by atoms with Crippen molar-refractivity contribution >= 4 is 28.2 Å². The van der Waals surface area contributed by atoms with Gasteiger partial charge in [-0.1, -0.05) is 0 Å². The van der Waals surface area contributed by atoms with Crippen molar-refractivity contribution in [3.8, 4) is 0 Å². The molecule has 116 valence electrons. The smallest absolute Gasteiger partial charge is 0.341 e. The normalized spacial score (nSPS) is 21.9. The predicted molar refractivity (Wildman–Crippen MR) is 84.0 cm³/mol. The zero-order valence-electron chi connectivity index (χ0n) is 12.9. The second-order valence-electron chi connectivity index (χ2n) is 5.54. The van der Waals surface area contributed by atoms with Crippen molar-refractivity contribution in [3.05, 3.63) is 16.0 Å². The van der Waals surface area contributed by atoms with Crippen LogP contribution >= 0.6 is 11.3 Å². The van der Waals surface area contributed by atoms with E-state index in [-0.39, 0.29) is 11.8 Å². The van der Waals surface area contributed by atoms with Crippen LogP contribution in [0.3, 0.4) is 0 Å². The third kappa shape index (κ3) is 3.44. The first-order valence-electron chi connectivity index (χ1n) is 7.16. The molecule has 0 aliphatic carbocycles.